The van der Waals surface area contributed by atoms with E-state index in [9.17, 15) is 14.4 Å². The summed E-state index contributed by atoms with van der Waals surface area (Å²) >= 11 is 1.43. The Hall–Kier alpha value is -1.97. The van der Waals surface area contributed by atoms with Crippen molar-refractivity contribution in [1.29, 1.82) is 0 Å². The fourth-order valence-electron chi connectivity index (χ4n) is 4.34. The lowest BCUT2D eigenvalue weighted by Crippen LogP contribution is -2.53. The Morgan fingerprint density at radius 3 is 2.62 bits per heavy atom. The Kier molecular flexibility index (Phi) is 6.17. The Labute approximate surface area is 174 Å². The number of hydrogen-bond donors (Lipinski definition) is 1. The van der Waals surface area contributed by atoms with Crippen LogP contribution in [0.4, 0.5) is 0 Å². The third-order valence-electron chi connectivity index (χ3n) is 5.88. The molecule has 0 aromatic carbocycles. The number of nitrogens with zero attached hydrogens (tertiary/aromatic N) is 3. The lowest BCUT2D eigenvalue weighted by Gasteiger charge is -2.32. The van der Waals surface area contributed by atoms with Crippen molar-refractivity contribution in [3.05, 3.63) is 22.4 Å². The number of carbonyl (C=O) groups is 3. The predicted molar refractivity (Wildman–Crippen MR) is 109 cm³/mol. The summed E-state index contributed by atoms with van der Waals surface area (Å²) in [7, 11) is 1.48. The van der Waals surface area contributed by atoms with E-state index in [2.05, 4.69) is 5.32 Å². The Morgan fingerprint density at radius 1 is 1.24 bits per heavy atom. The molecule has 0 spiro atoms. The molecule has 3 fully saturated rings. The van der Waals surface area contributed by atoms with Crippen LogP contribution in [0, 0.1) is 0 Å². The van der Waals surface area contributed by atoms with Gasteiger partial charge in [0, 0.05) is 45.9 Å². The maximum absolute atomic E-state index is 13.2. The molecule has 0 radical (unpaired) electrons. The summed E-state index contributed by atoms with van der Waals surface area (Å²) in [6, 6.07) is 3.26. The van der Waals surface area contributed by atoms with E-state index >= 15 is 0 Å². The van der Waals surface area contributed by atoms with Gasteiger partial charge in [-0.15, -0.1) is 11.3 Å². The highest BCUT2D eigenvalue weighted by atomic mass is 32.1. The molecule has 0 bridgehead atoms. The van der Waals surface area contributed by atoms with Gasteiger partial charge in [0.05, 0.1) is 10.9 Å². The number of nitrogens with one attached hydrogen (secondary N) is 1. The molecule has 8 nitrogen and oxygen atoms in total. The summed E-state index contributed by atoms with van der Waals surface area (Å²) in [5.41, 5.74) is 0. The molecule has 2 atom stereocenters. The Morgan fingerprint density at radius 2 is 2.00 bits per heavy atom. The van der Waals surface area contributed by atoms with E-state index in [1.165, 1.54) is 18.4 Å². The second kappa shape index (κ2) is 8.81. The molecule has 29 heavy (non-hydrogen) atoms. The van der Waals surface area contributed by atoms with Crippen molar-refractivity contribution in [3.63, 3.8) is 0 Å². The van der Waals surface area contributed by atoms with E-state index in [-0.39, 0.29) is 36.4 Å². The first-order valence-electron chi connectivity index (χ1n) is 10.2. The van der Waals surface area contributed by atoms with Gasteiger partial charge < -0.3 is 24.8 Å². The molecule has 9 heteroatoms. The van der Waals surface area contributed by atoms with E-state index in [1.54, 1.807) is 4.90 Å². The molecule has 2 saturated heterocycles. The van der Waals surface area contributed by atoms with E-state index in [4.69, 9.17) is 4.74 Å². The van der Waals surface area contributed by atoms with Gasteiger partial charge in [-0.05, 0) is 30.7 Å². The normalized spacial score (nSPS) is 24.6. The number of ether oxygens (including phenoxy) is 1. The zero-order valence-corrected chi connectivity index (χ0v) is 17.5. The summed E-state index contributed by atoms with van der Waals surface area (Å²) in [6.45, 7) is 3.15. The summed E-state index contributed by atoms with van der Waals surface area (Å²) in [5.74, 6) is -0.192. The molecule has 1 aliphatic carbocycles. The number of methoxy groups -OCH3 is 1. The first kappa shape index (κ1) is 20.3. The highest BCUT2D eigenvalue weighted by Gasteiger charge is 2.47. The van der Waals surface area contributed by atoms with Crippen LogP contribution in [-0.2, 0) is 14.3 Å². The molecule has 1 aromatic heterocycles. The average Bonchev–Trinajstić information content (AvgIpc) is 3.24. The SMILES string of the molecule is COCC(=O)N1CC(N(C(=O)c2cccs2)C2CC2)CC1C(=O)N1CCNCC1. The lowest BCUT2D eigenvalue weighted by atomic mass is 10.1. The summed E-state index contributed by atoms with van der Waals surface area (Å²) in [5, 5.41) is 5.15. The number of hydrogen-bond acceptors (Lipinski definition) is 6. The quantitative estimate of drug-likeness (QED) is 0.721. The highest BCUT2D eigenvalue weighted by Crippen LogP contribution is 2.35. The van der Waals surface area contributed by atoms with Crippen LogP contribution < -0.4 is 5.32 Å². The van der Waals surface area contributed by atoms with Gasteiger partial charge in [-0.2, -0.15) is 0 Å². The number of rotatable bonds is 6. The second-order valence-corrected chi connectivity index (χ2v) is 8.83. The Bertz CT molecular complexity index is 746. The van der Waals surface area contributed by atoms with Gasteiger partial charge in [-0.3, -0.25) is 14.4 Å². The fourth-order valence-corrected chi connectivity index (χ4v) is 5.00. The maximum Gasteiger partial charge on any atom is 0.264 e. The van der Waals surface area contributed by atoms with Crippen molar-refractivity contribution in [3.8, 4) is 0 Å². The van der Waals surface area contributed by atoms with Crippen LogP contribution in [0.5, 0.6) is 0 Å². The van der Waals surface area contributed by atoms with Crippen LogP contribution in [-0.4, -0.2) is 97.0 Å². The van der Waals surface area contributed by atoms with Gasteiger partial charge in [0.25, 0.3) is 5.91 Å². The highest BCUT2D eigenvalue weighted by molar-refractivity contribution is 7.12. The number of piperazine rings is 1. The molecule has 3 amide bonds. The standard InChI is InChI=1S/C20H28N4O4S/c1-28-13-18(25)23-12-15(11-16(23)19(26)22-8-6-21-7-9-22)24(14-4-5-14)20(27)17-3-2-10-29-17/h2-3,10,14-16,21H,4-9,11-13H2,1H3. The molecule has 1 saturated carbocycles. The number of likely N-dealkylation sites (tertiary alicyclic amines) is 1. The summed E-state index contributed by atoms with van der Waals surface area (Å²) in [4.78, 5) is 45.2. The fraction of sp³-hybridized carbons (Fsp3) is 0.650. The van der Waals surface area contributed by atoms with Crippen molar-refractivity contribution >= 4 is 29.1 Å². The number of thiophene rings is 1. The summed E-state index contributed by atoms with van der Waals surface area (Å²) < 4.78 is 5.05. The molecular weight excluding hydrogens is 392 g/mol. The topological polar surface area (TPSA) is 82.2 Å². The minimum Gasteiger partial charge on any atom is -0.375 e. The minimum atomic E-state index is -0.530. The zero-order valence-electron chi connectivity index (χ0n) is 16.7. The van der Waals surface area contributed by atoms with Gasteiger partial charge in [0.15, 0.2) is 0 Å². The molecule has 3 aliphatic rings. The van der Waals surface area contributed by atoms with E-state index in [0.717, 1.165) is 25.9 Å². The Balaban J connectivity index is 1.55. The van der Waals surface area contributed by atoms with Crippen LogP contribution in [0.25, 0.3) is 0 Å². The van der Waals surface area contributed by atoms with Crippen LogP contribution in [0.2, 0.25) is 0 Å². The minimum absolute atomic E-state index is 0.0157. The molecule has 2 unspecified atom stereocenters. The first-order chi connectivity index (χ1) is 14.1. The third-order valence-corrected chi connectivity index (χ3v) is 6.74. The predicted octanol–water partition coefficient (Wildman–Crippen LogP) is 0.400. The average molecular weight is 421 g/mol. The molecule has 1 N–H and O–H groups in total. The molecule has 2 aliphatic heterocycles. The first-order valence-corrected chi connectivity index (χ1v) is 11.1. The monoisotopic (exact) mass is 420 g/mol. The molecule has 158 valence electrons. The van der Waals surface area contributed by atoms with Gasteiger partial charge >= 0.3 is 0 Å². The maximum atomic E-state index is 13.2. The smallest absolute Gasteiger partial charge is 0.264 e. The largest absolute Gasteiger partial charge is 0.375 e. The van der Waals surface area contributed by atoms with Crippen LogP contribution in [0.3, 0.4) is 0 Å². The zero-order chi connectivity index (χ0) is 20.4. The van der Waals surface area contributed by atoms with Crippen molar-refractivity contribution in [2.24, 2.45) is 0 Å². The van der Waals surface area contributed by atoms with Gasteiger partial charge in [0.1, 0.15) is 12.6 Å². The van der Waals surface area contributed by atoms with Crippen molar-refractivity contribution < 1.29 is 19.1 Å². The van der Waals surface area contributed by atoms with Crippen LogP contribution in [0.15, 0.2) is 17.5 Å². The molecule has 1 aromatic rings. The number of amides is 3. The van der Waals surface area contributed by atoms with Crippen molar-refractivity contribution in [2.75, 3.05) is 46.4 Å². The van der Waals surface area contributed by atoms with Gasteiger partial charge in [-0.1, -0.05) is 6.07 Å². The second-order valence-electron chi connectivity index (χ2n) is 7.88. The molecule has 4 rings (SSSR count). The summed E-state index contributed by atoms with van der Waals surface area (Å²) in [6.07, 6.45) is 2.46. The van der Waals surface area contributed by atoms with E-state index < -0.39 is 6.04 Å². The third kappa shape index (κ3) is 4.31. The van der Waals surface area contributed by atoms with Crippen LogP contribution >= 0.6 is 11.3 Å². The van der Waals surface area contributed by atoms with E-state index in [1.807, 2.05) is 27.3 Å². The van der Waals surface area contributed by atoms with Gasteiger partial charge in [-0.25, -0.2) is 0 Å². The molecular formula is C20H28N4O4S. The van der Waals surface area contributed by atoms with Crippen molar-refractivity contribution in [1.82, 2.24) is 20.0 Å². The number of carbonyl (C=O) groups excluding carboxylic acids is 3. The van der Waals surface area contributed by atoms with Crippen molar-refractivity contribution in [2.45, 2.75) is 37.4 Å². The molecule has 3 heterocycles. The van der Waals surface area contributed by atoms with Crippen LogP contribution in [0.1, 0.15) is 28.9 Å². The van der Waals surface area contributed by atoms with E-state index in [0.29, 0.717) is 30.9 Å². The van der Waals surface area contributed by atoms with Gasteiger partial charge in [0.2, 0.25) is 11.8 Å². The lowest BCUT2D eigenvalue weighted by molar-refractivity contribution is -0.146.